The van der Waals surface area contributed by atoms with Crippen LogP contribution in [0.15, 0.2) is 29.2 Å². The van der Waals surface area contributed by atoms with E-state index in [-0.39, 0.29) is 16.4 Å². The lowest BCUT2D eigenvalue weighted by Crippen LogP contribution is -2.49. The fraction of sp³-hybridized carbons (Fsp3) is 0.632. The van der Waals surface area contributed by atoms with Crippen LogP contribution >= 0.6 is 23.4 Å². The molecule has 0 bridgehead atoms. The van der Waals surface area contributed by atoms with E-state index < -0.39 is 16.1 Å². The lowest BCUT2D eigenvalue weighted by molar-refractivity contribution is -0.133. The van der Waals surface area contributed by atoms with Gasteiger partial charge in [-0.05, 0) is 68.9 Å². The number of likely N-dealkylation sites (tertiary alicyclic amines) is 1. The quantitative estimate of drug-likeness (QED) is 0.661. The predicted molar refractivity (Wildman–Crippen MR) is 114 cm³/mol. The van der Waals surface area contributed by atoms with Gasteiger partial charge in [0.2, 0.25) is 15.9 Å². The molecular weight excluding hydrogens is 420 g/mol. The summed E-state index contributed by atoms with van der Waals surface area (Å²) in [6.45, 7) is 3.22. The molecule has 158 valence electrons. The molecule has 0 saturated carbocycles. The van der Waals surface area contributed by atoms with Crippen LogP contribution in [-0.4, -0.2) is 63.1 Å². The Labute approximate surface area is 177 Å². The summed E-state index contributed by atoms with van der Waals surface area (Å²) in [5.41, 5.74) is -0.243. The second kappa shape index (κ2) is 10.3. The van der Waals surface area contributed by atoms with Gasteiger partial charge in [-0.15, -0.1) is 0 Å². The Hall–Kier alpha value is -0.800. The van der Waals surface area contributed by atoms with E-state index in [2.05, 4.69) is 11.6 Å². The minimum atomic E-state index is -3.82. The molecule has 28 heavy (non-hydrogen) atoms. The maximum absolute atomic E-state index is 13.1. The van der Waals surface area contributed by atoms with E-state index in [9.17, 15) is 13.2 Å². The van der Waals surface area contributed by atoms with Crippen molar-refractivity contribution in [3.63, 3.8) is 0 Å². The Balaban J connectivity index is 2.15. The number of amides is 1. The minimum absolute atomic E-state index is 0.0988. The second-order valence-corrected chi connectivity index (χ2v) is 10.4. The molecule has 1 heterocycles. The molecule has 0 unspecified atom stereocenters. The van der Waals surface area contributed by atoms with Gasteiger partial charge in [0.25, 0.3) is 0 Å². The standard InChI is InChI=1S/C19H29ClN2O4S2/c1-19(26-2)10-4-12-22(13-11-19)18(23)17(9-14-27-3)21-28(24,25)16-7-5-15(20)6-8-16/h5-8,17,21H,4,9-14H2,1-3H3/t17-,19+/m1/s1. The summed E-state index contributed by atoms with van der Waals surface area (Å²) in [7, 11) is -2.12. The van der Waals surface area contributed by atoms with Gasteiger partial charge in [-0.1, -0.05) is 11.6 Å². The summed E-state index contributed by atoms with van der Waals surface area (Å²) in [6.07, 6.45) is 4.80. The average Bonchev–Trinajstić information content (AvgIpc) is 2.87. The highest BCUT2D eigenvalue weighted by Crippen LogP contribution is 2.26. The third kappa shape index (κ3) is 6.35. The Morgan fingerprint density at radius 1 is 1.32 bits per heavy atom. The Morgan fingerprint density at radius 2 is 2.00 bits per heavy atom. The highest BCUT2D eigenvalue weighted by molar-refractivity contribution is 7.98. The Morgan fingerprint density at radius 3 is 2.61 bits per heavy atom. The summed E-state index contributed by atoms with van der Waals surface area (Å²) < 4.78 is 33.7. The van der Waals surface area contributed by atoms with Gasteiger partial charge in [0, 0.05) is 25.2 Å². The van der Waals surface area contributed by atoms with E-state index in [1.807, 2.05) is 6.26 Å². The largest absolute Gasteiger partial charge is 0.378 e. The molecule has 1 aromatic rings. The van der Waals surface area contributed by atoms with Crippen LogP contribution in [0.1, 0.15) is 32.6 Å². The Bertz CT molecular complexity index is 758. The number of carbonyl (C=O) groups is 1. The van der Waals surface area contributed by atoms with Crippen LogP contribution in [0.5, 0.6) is 0 Å². The number of hydrogen-bond acceptors (Lipinski definition) is 5. The number of hydrogen-bond donors (Lipinski definition) is 1. The van der Waals surface area contributed by atoms with Gasteiger partial charge >= 0.3 is 0 Å². The molecule has 1 saturated heterocycles. The lowest BCUT2D eigenvalue weighted by Gasteiger charge is -2.28. The van der Waals surface area contributed by atoms with Crippen LogP contribution in [0, 0.1) is 0 Å². The summed E-state index contributed by atoms with van der Waals surface area (Å²) in [6, 6.07) is 5.14. The van der Waals surface area contributed by atoms with Crippen molar-refractivity contribution >= 4 is 39.3 Å². The first-order valence-electron chi connectivity index (χ1n) is 9.31. The maximum atomic E-state index is 13.1. The monoisotopic (exact) mass is 448 g/mol. The molecule has 1 fully saturated rings. The zero-order chi connectivity index (χ0) is 20.8. The smallest absolute Gasteiger partial charge is 0.241 e. The van der Waals surface area contributed by atoms with Crippen LogP contribution in [0.4, 0.5) is 0 Å². The van der Waals surface area contributed by atoms with Crippen molar-refractivity contribution in [1.82, 2.24) is 9.62 Å². The van der Waals surface area contributed by atoms with Crippen LogP contribution in [0.25, 0.3) is 0 Å². The third-order valence-electron chi connectivity index (χ3n) is 5.18. The van der Waals surface area contributed by atoms with Crippen molar-refractivity contribution in [1.29, 1.82) is 0 Å². The number of methoxy groups -OCH3 is 1. The molecule has 1 aromatic carbocycles. The molecule has 9 heteroatoms. The zero-order valence-electron chi connectivity index (χ0n) is 16.6. The van der Waals surface area contributed by atoms with Crippen molar-refractivity contribution in [2.45, 2.75) is 49.1 Å². The maximum Gasteiger partial charge on any atom is 0.241 e. The number of rotatable bonds is 8. The Kier molecular flexibility index (Phi) is 8.63. The molecule has 1 aliphatic rings. The highest BCUT2D eigenvalue weighted by atomic mass is 35.5. The van der Waals surface area contributed by atoms with Gasteiger partial charge in [0.15, 0.2) is 0 Å². The van der Waals surface area contributed by atoms with Crippen molar-refractivity contribution in [2.75, 3.05) is 32.2 Å². The van der Waals surface area contributed by atoms with Gasteiger partial charge in [0.05, 0.1) is 10.5 Å². The highest BCUT2D eigenvalue weighted by Gasteiger charge is 2.33. The summed E-state index contributed by atoms with van der Waals surface area (Å²) in [4.78, 5) is 15.0. The summed E-state index contributed by atoms with van der Waals surface area (Å²) in [5.74, 6) is 0.510. The lowest BCUT2D eigenvalue weighted by atomic mass is 9.97. The first kappa shape index (κ1) is 23.5. The molecule has 0 radical (unpaired) electrons. The van der Waals surface area contributed by atoms with Crippen LogP contribution in [0.3, 0.4) is 0 Å². The molecule has 0 aromatic heterocycles. The zero-order valence-corrected chi connectivity index (χ0v) is 19.0. The normalized spacial score (nSPS) is 21.9. The SMILES string of the molecule is CO[C@@]1(C)CCCN(C(=O)[C@@H](CCSC)NS(=O)(=O)c2ccc(Cl)cc2)CC1. The van der Waals surface area contributed by atoms with Crippen molar-refractivity contribution in [3.05, 3.63) is 29.3 Å². The van der Waals surface area contributed by atoms with E-state index in [1.54, 1.807) is 23.8 Å². The molecule has 6 nitrogen and oxygen atoms in total. The number of halogens is 1. The van der Waals surface area contributed by atoms with Crippen LogP contribution in [0.2, 0.25) is 5.02 Å². The molecule has 1 aliphatic heterocycles. The van der Waals surface area contributed by atoms with Crippen molar-refractivity contribution in [2.24, 2.45) is 0 Å². The number of sulfonamides is 1. The molecule has 1 amide bonds. The van der Waals surface area contributed by atoms with E-state index in [0.717, 1.165) is 19.3 Å². The molecule has 0 spiro atoms. The van der Waals surface area contributed by atoms with Gasteiger partial charge in [-0.2, -0.15) is 16.5 Å². The van der Waals surface area contributed by atoms with Crippen molar-refractivity contribution in [3.8, 4) is 0 Å². The number of benzene rings is 1. The van der Waals surface area contributed by atoms with E-state index in [1.165, 1.54) is 24.3 Å². The molecule has 0 aliphatic carbocycles. The number of nitrogens with zero attached hydrogens (tertiary/aromatic N) is 1. The van der Waals surface area contributed by atoms with Gasteiger partial charge in [-0.3, -0.25) is 4.79 Å². The minimum Gasteiger partial charge on any atom is -0.378 e. The van der Waals surface area contributed by atoms with E-state index in [4.69, 9.17) is 16.3 Å². The van der Waals surface area contributed by atoms with Crippen molar-refractivity contribution < 1.29 is 17.9 Å². The molecule has 2 rings (SSSR count). The van der Waals surface area contributed by atoms with Gasteiger partial charge in [-0.25, -0.2) is 8.42 Å². The average molecular weight is 449 g/mol. The van der Waals surface area contributed by atoms with Crippen LogP contribution in [-0.2, 0) is 19.6 Å². The van der Waals surface area contributed by atoms with E-state index >= 15 is 0 Å². The fourth-order valence-electron chi connectivity index (χ4n) is 3.23. The first-order chi connectivity index (χ1) is 13.2. The topological polar surface area (TPSA) is 75.7 Å². The second-order valence-electron chi connectivity index (χ2n) is 7.24. The first-order valence-corrected chi connectivity index (χ1v) is 12.6. The third-order valence-corrected chi connectivity index (χ3v) is 7.56. The molecular formula is C19H29ClN2O4S2. The van der Waals surface area contributed by atoms with Gasteiger partial charge in [0.1, 0.15) is 6.04 Å². The summed E-state index contributed by atoms with van der Waals surface area (Å²) >= 11 is 7.43. The van der Waals surface area contributed by atoms with E-state index in [0.29, 0.717) is 30.3 Å². The predicted octanol–water partition coefficient (Wildman–Crippen LogP) is 3.16. The van der Waals surface area contributed by atoms with Gasteiger partial charge < -0.3 is 9.64 Å². The fourth-order valence-corrected chi connectivity index (χ4v) is 5.06. The number of thioether (sulfide) groups is 1. The van der Waals surface area contributed by atoms with Crippen LogP contribution < -0.4 is 4.72 Å². The summed E-state index contributed by atoms with van der Waals surface area (Å²) in [5, 5.41) is 0.458. The molecule has 1 N–H and O–H groups in total. The molecule has 2 atom stereocenters. The number of nitrogens with one attached hydrogen (secondary N) is 1. The number of ether oxygens (including phenoxy) is 1. The number of carbonyl (C=O) groups excluding carboxylic acids is 1.